The smallest absolute Gasteiger partial charge is 0.204 e. The minimum atomic E-state index is -0.177. The highest BCUT2D eigenvalue weighted by Gasteiger charge is 2.38. The van der Waals surface area contributed by atoms with E-state index in [2.05, 4.69) is 0 Å². The van der Waals surface area contributed by atoms with Crippen molar-refractivity contribution in [3.8, 4) is 0 Å². The highest BCUT2D eigenvalue weighted by atomic mass is 16.5. The van der Waals surface area contributed by atoms with Gasteiger partial charge in [0.1, 0.15) is 17.9 Å². The summed E-state index contributed by atoms with van der Waals surface area (Å²) in [6.45, 7) is 1.80. The Bertz CT molecular complexity index is 787. The molecule has 1 saturated heterocycles. The first-order valence-corrected chi connectivity index (χ1v) is 8.48. The molecule has 0 radical (unpaired) electrons. The Hall–Kier alpha value is -2.82. The van der Waals surface area contributed by atoms with Crippen LogP contribution in [0.15, 0.2) is 64.6 Å². The summed E-state index contributed by atoms with van der Waals surface area (Å²) in [4.78, 5) is 27.3. The maximum atomic E-state index is 12.7. The van der Waals surface area contributed by atoms with Crippen LogP contribution in [0.5, 0.6) is 0 Å². The molecule has 2 aromatic rings. The molecule has 2 fully saturated rings. The topological polar surface area (TPSA) is 59.8 Å². The van der Waals surface area contributed by atoms with Crippen LogP contribution in [0.3, 0.4) is 0 Å². The molecule has 2 aliphatic rings. The molecule has 1 aliphatic heterocycles. The van der Waals surface area contributed by atoms with E-state index in [1.54, 1.807) is 12.3 Å². The summed E-state index contributed by atoms with van der Waals surface area (Å²) in [6, 6.07) is 13.6. The lowest BCUT2D eigenvalue weighted by molar-refractivity contribution is -0.125. The number of furan rings is 1. The van der Waals surface area contributed by atoms with E-state index in [1.807, 2.05) is 41.3 Å². The Balaban J connectivity index is 1.58. The normalized spacial score (nSPS) is 21.0. The summed E-state index contributed by atoms with van der Waals surface area (Å²) in [5, 5.41) is 0. The fraction of sp³-hybridized carbons (Fsp3) is 0.300. The van der Waals surface area contributed by atoms with Gasteiger partial charge in [-0.05, 0) is 17.7 Å². The van der Waals surface area contributed by atoms with Crippen molar-refractivity contribution in [1.29, 1.82) is 0 Å². The molecule has 0 spiro atoms. The predicted octanol–water partition coefficient (Wildman–Crippen LogP) is 3.04. The number of rotatable bonds is 3. The maximum Gasteiger partial charge on any atom is 0.204 e. The summed E-state index contributed by atoms with van der Waals surface area (Å²) in [6.07, 6.45) is 2.13. The van der Waals surface area contributed by atoms with Crippen LogP contribution in [0.1, 0.15) is 30.1 Å². The Kier molecular flexibility index (Phi) is 4.14. The molecule has 1 aliphatic carbocycles. The first-order valence-electron chi connectivity index (χ1n) is 8.48. The predicted molar refractivity (Wildman–Crippen MR) is 90.5 cm³/mol. The zero-order valence-corrected chi connectivity index (χ0v) is 13.8. The molecule has 0 amide bonds. The van der Waals surface area contributed by atoms with Crippen LogP contribution in [-0.4, -0.2) is 29.6 Å². The van der Waals surface area contributed by atoms with Crippen LogP contribution in [0.25, 0.3) is 0 Å². The zero-order valence-electron chi connectivity index (χ0n) is 13.8. The molecule has 1 saturated carbocycles. The molecule has 1 aromatic heterocycles. The second-order valence-corrected chi connectivity index (χ2v) is 6.40. The monoisotopic (exact) mass is 337 g/mol. The lowest BCUT2D eigenvalue weighted by atomic mass is 9.82. The Morgan fingerprint density at radius 3 is 2.44 bits per heavy atom. The average molecular weight is 337 g/mol. The van der Waals surface area contributed by atoms with Crippen molar-refractivity contribution in [2.24, 2.45) is 0 Å². The Labute approximate surface area is 145 Å². The molecular formula is C20H19NO4. The minimum absolute atomic E-state index is 0.160. The summed E-state index contributed by atoms with van der Waals surface area (Å²) in [5.41, 5.74) is 1.34. The van der Waals surface area contributed by atoms with Crippen LogP contribution in [-0.2, 0) is 20.9 Å². The van der Waals surface area contributed by atoms with E-state index >= 15 is 0 Å². The number of hydrogen-bond donors (Lipinski definition) is 0. The second-order valence-electron chi connectivity index (χ2n) is 6.40. The van der Waals surface area contributed by atoms with Gasteiger partial charge in [-0.15, -0.1) is 0 Å². The number of hydrogen-bond acceptors (Lipinski definition) is 5. The van der Waals surface area contributed by atoms with Crippen molar-refractivity contribution in [1.82, 2.24) is 4.90 Å². The number of allylic oxidation sites excluding steroid dienone is 1. The van der Waals surface area contributed by atoms with E-state index in [0.29, 0.717) is 31.3 Å². The van der Waals surface area contributed by atoms with Gasteiger partial charge in [0, 0.05) is 25.3 Å². The number of nitrogens with zero attached hydrogens (tertiary/aromatic N) is 1. The third-order valence-electron chi connectivity index (χ3n) is 4.68. The van der Waals surface area contributed by atoms with Gasteiger partial charge >= 0.3 is 0 Å². The van der Waals surface area contributed by atoms with Crippen molar-refractivity contribution >= 4 is 11.6 Å². The van der Waals surface area contributed by atoms with Crippen molar-refractivity contribution in [2.45, 2.75) is 25.3 Å². The molecule has 0 unspecified atom stereocenters. The number of carbonyl (C=O) groups excluding carboxylic acids is 2. The van der Waals surface area contributed by atoms with Gasteiger partial charge in [0.15, 0.2) is 11.6 Å². The zero-order chi connectivity index (χ0) is 17.2. The van der Waals surface area contributed by atoms with Crippen LogP contribution in [0.4, 0.5) is 0 Å². The van der Waals surface area contributed by atoms with Crippen molar-refractivity contribution < 1.29 is 18.7 Å². The van der Waals surface area contributed by atoms with Gasteiger partial charge in [-0.3, -0.25) is 9.59 Å². The van der Waals surface area contributed by atoms with Crippen molar-refractivity contribution in [2.75, 3.05) is 13.2 Å². The number of benzene rings is 1. The first kappa shape index (κ1) is 15.7. The van der Waals surface area contributed by atoms with Crippen LogP contribution in [0, 0.1) is 0 Å². The fourth-order valence-corrected chi connectivity index (χ4v) is 3.47. The molecule has 4 rings (SSSR count). The summed E-state index contributed by atoms with van der Waals surface area (Å²) in [7, 11) is 0. The van der Waals surface area contributed by atoms with Gasteiger partial charge < -0.3 is 14.1 Å². The highest BCUT2D eigenvalue weighted by molar-refractivity contribution is 6.22. The van der Waals surface area contributed by atoms with E-state index in [-0.39, 0.29) is 35.9 Å². The Morgan fingerprint density at radius 1 is 1.00 bits per heavy atom. The molecule has 5 heteroatoms. The number of carbonyl (C=O) groups is 2. The molecule has 25 heavy (non-hydrogen) atoms. The summed E-state index contributed by atoms with van der Waals surface area (Å²) < 4.78 is 11.1. The lowest BCUT2D eigenvalue weighted by Gasteiger charge is -2.24. The summed E-state index contributed by atoms with van der Waals surface area (Å²) >= 11 is 0. The van der Waals surface area contributed by atoms with E-state index in [0.717, 1.165) is 5.56 Å². The van der Waals surface area contributed by atoms with Gasteiger partial charge in [0.2, 0.25) is 5.88 Å². The molecule has 0 N–H and O–H groups in total. The summed E-state index contributed by atoms with van der Waals surface area (Å²) in [5.74, 6) is 0.638. The first-order chi connectivity index (χ1) is 12.2. The highest BCUT2D eigenvalue weighted by Crippen LogP contribution is 2.34. The molecule has 0 bridgehead atoms. The van der Waals surface area contributed by atoms with Crippen LogP contribution >= 0.6 is 0 Å². The van der Waals surface area contributed by atoms with E-state index in [9.17, 15) is 9.59 Å². The van der Waals surface area contributed by atoms with Crippen molar-refractivity contribution in [3.63, 3.8) is 0 Å². The van der Waals surface area contributed by atoms with Crippen LogP contribution < -0.4 is 0 Å². The lowest BCUT2D eigenvalue weighted by Crippen LogP contribution is -2.30. The minimum Gasteiger partial charge on any atom is -0.477 e. The van der Waals surface area contributed by atoms with Gasteiger partial charge in [-0.25, -0.2) is 0 Å². The number of Topliss-reactive ketones (excluding diaryl/α,β-unsaturated/α-hetero) is 2. The van der Waals surface area contributed by atoms with Crippen LogP contribution in [0.2, 0.25) is 0 Å². The number of ether oxygens (including phenoxy) is 1. The molecule has 2 heterocycles. The standard InChI is InChI=1S/C20H19NO4/c22-16-11-15(18-7-4-9-24-18)12-17(23)19(16)20-21(8-10-25-20)13-14-5-2-1-3-6-14/h1-7,9,15H,8,10-13H2. The van der Waals surface area contributed by atoms with Gasteiger partial charge in [0.25, 0.3) is 0 Å². The molecule has 128 valence electrons. The largest absolute Gasteiger partial charge is 0.477 e. The third-order valence-corrected chi connectivity index (χ3v) is 4.68. The van der Waals surface area contributed by atoms with E-state index < -0.39 is 0 Å². The molecule has 5 nitrogen and oxygen atoms in total. The Morgan fingerprint density at radius 2 is 1.76 bits per heavy atom. The second kappa shape index (κ2) is 6.59. The number of ketones is 2. The SMILES string of the molecule is O=C1CC(c2ccco2)CC(=O)C1=C1OCCN1Cc1ccccc1. The quantitative estimate of drug-likeness (QED) is 0.636. The molecular weight excluding hydrogens is 318 g/mol. The van der Waals surface area contributed by atoms with E-state index in [1.165, 1.54) is 0 Å². The maximum absolute atomic E-state index is 12.7. The molecule has 1 aromatic carbocycles. The van der Waals surface area contributed by atoms with E-state index in [4.69, 9.17) is 9.15 Å². The van der Waals surface area contributed by atoms with Gasteiger partial charge in [-0.2, -0.15) is 0 Å². The third kappa shape index (κ3) is 3.09. The molecule has 0 atom stereocenters. The van der Waals surface area contributed by atoms with Crippen molar-refractivity contribution in [3.05, 3.63) is 71.5 Å². The van der Waals surface area contributed by atoms with Gasteiger partial charge in [-0.1, -0.05) is 30.3 Å². The fourth-order valence-electron chi connectivity index (χ4n) is 3.47. The average Bonchev–Trinajstić information content (AvgIpc) is 3.28. The van der Waals surface area contributed by atoms with Gasteiger partial charge in [0.05, 0.1) is 12.8 Å².